The standard InChI is InChI=1S/C19H25NO2/c1-13-8-17-12-20(7-6-18(17)22-13)19(21)11-14-9-15-4-2-3-5-16(15)10-14/h2-5,13-14,17-18H,6-12H2,1H3/t13-,17-,18-/m1/s1. The van der Waals surface area contributed by atoms with Gasteiger partial charge in [-0.05, 0) is 49.7 Å². The fourth-order valence-corrected chi connectivity index (χ4v) is 4.59. The van der Waals surface area contributed by atoms with Crippen LogP contribution in [0.4, 0.5) is 0 Å². The zero-order valence-corrected chi connectivity index (χ0v) is 13.3. The molecule has 3 aliphatic rings. The summed E-state index contributed by atoms with van der Waals surface area (Å²) in [5.74, 6) is 1.42. The molecule has 1 aromatic carbocycles. The average Bonchev–Trinajstić information content (AvgIpc) is 3.07. The number of carbonyl (C=O) groups is 1. The number of hydrogen-bond donors (Lipinski definition) is 0. The summed E-state index contributed by atoms with van der Waals surface area (Å²) in [4.78, 5) is 14.8. The van der Waals surface area contributed by atoms with E-state index >= 15 is 0 Å². The van der Waals surface area contributed by atoms with E-state index in [9.17, 15) is 4.79 Å². The predicted molar refractivity (Wildman–Crippen MR) is 85.6 cm³/mol. The first-order valence-electron chi connectivity index (χ1n) is 8.69. The number of likely N-dealkylation sites (tertiary alicyclic amines) is 1. The largest absolute Gasteiger partial charge is 0.375 e. The van der Waals surface area contributed by atoms with Gasteiger partial charge in [0, 0.05) is 25.4 Å². The minimum absolute atomic E-state index is 0.357. The highest BCUT2D eigenvalue weighted by Crippen LogP contribution is 2.34. The molecule has 2 heterocycles. The Labute approximate surface area is 132 Å². The highest BCUT2D eigenvalue weighted by atomic mass is 16.5. The molecular formula is C19H25NO2. The molecule has 3 nitrogen and oxygen atoms in total. The molecule has 22 heavy (non-hydrogen) atoms. The van der Waals surface area contributed by atoms with Crippen molar-refractivity contribution in [3.63, 3.8) is 0 Å². The molecular weight excluding hydrogens is 274 g/mol. The number of piperidine rings is 1. The Kier molecular flexibility index (Phi) is 3.69. The topological polar surface area (TPSA) is 29.5 Å². The number of fused-ring (bicyclic) bond motifs is 2. The van der Waals surface area contributed by atoms with Crippen molar-refractivity contribution in [2.24, 2.45) is 11.8 Å². The first-order valence-corrected chi connectivity index (χ1v) is 8.69. The number of amides is 1. The SMILES string of the molecule is C[C@@H]1C[C@@H]2CN(C(=O)CC3Cc4ccccc4C3)CC[C@H]2O1. The van der Waals surface area contributed by atoms with Crippen molar-refractivity contribution in [1.29, 1.82) is 0 Å². The van der Waals surface area contributed by atoms with E-state index in [1.165, 1.54) is 11.1 Å². The van der Waals surface area contributed by atoms with Crippen LogP contribution in [0.15, 0.2) is 24.3 Å². The molecule has 0 unspecified atom stereocenters. The van der Waals surface area contributed by atoms with Crippen molar-refractivity contribution in [3.05, 3.63) is 35.4 Å². The van der Waals surface area contributed by atoms with Gasteiger partial charge in [0.1, 0.15) is 0 Å². The molecule has 1 aliphatic carbocycles. The molecule has 0 saturated carbocycles. The van der Waals surface area contributed by atoms with Gasteiger partial charge in [-0.3, -0.25) is 4.79 Å². The molecule has 2 saturated heterocycles. The van der Waals surface area contributed by atoms with Gasteiger partial charge in [-0.1, -0.05) is 24.3 Å². The Bertz CT molecular complexity index is 545. The number of ether oxygens (including phenoxy) is 1. The van der Waals surface area contributed by atoms with Gasteiger partial charge in [-0.2, -0.15) is 0 Å². The van der Waals surface area contributed by atoms with E-state index in [-0.39, 0.29) is 0 Å². The lowest BCUT2D eigenvalue weighted by Gasteiger charge is -2.34. The van der Waals surface area contributed by atoms with Crippen molar-refractivity contribution in [2.45, 2.75) is 51.2 Å². The minimum Gasteiger partial charge on any atom is -0.375 e. The van der Waals surface area contributed by atoms with Gasteiger partial charge in [-0.15, -0.1) is 0 Å². The van der Waals surface area contributed by atoms with Crippen LogP contribution in [-0.4, -0.2) is 36.1 Å². The maximum atomic E-state index is 12.7. The maximum absolute atomic E-state index is 12.7. The molecule has 1 amide bonds. The fourth-order valence-electron chi connectivity index (χ4n) is 4.59. The number of carbonyl (C=O) groups excluding carboxylic acids is 1. The summed E-state index contributed by atoms with van der Waals surface area (Å²) in [5, 5.41) is 0. The third-order valence-electron chi connectivity index (χ3n) is 5.66. The van der Waals surface area contributed by atoms with E-state index in [0.29, 0.717) is 36.4 Å². The summed E-state index contributed by atoms with van der Waals surface area (Å²) in [5.41, 5.74) is 2.88. The lowest BCUT2D eigenvalue weighted by atomic mass is 9.92. The van der Waals surface area contributed by atoms with Crippen LogP contribution in [0.25, 0.3) is 0 Å². The second-order valence-corrected chi connectivity index (χ2v) is 7.36. The molecule has 2 fully saturated rings. The summed E-state index contributed by atoms with van der Waals surface area (Å²) in [6.07, 6.45) is 5.76. The maximum Gasteiger partial charge on any atom is 0.222 e. The highest BCUT2D eigenvalue weighted by Gasteiger charge is 2.39. The van der Waals surface area contributed by atoms with Gasteiger partial charge in [0.05, 0.1) is 12.2 Å². The van der Waals surface area contributed by atoms with Gasteiger partial charge >= 0.3 is 0 Å². The number of nitrogens with zero attached hydrogens (tertiary/aromatic N) is 1. The van der Waals surface area contributed by atoms with Crippen molar-refractivity contribution >= 4 is 5.91 Å². The molecule has 3 heteroatoms. The minimum atomic E-state index is 0.357. The van der Waals surface area contributed by atoms with Crippen LogP contribution >= 0.6 is 0 Å². The van der Waals surface area contributed by atoms with Gasteiger partial charge in [0.2, 0.25) is 5.91 Å². The molecule has 0 radical (unpaired) electrons. The molecule has 118 valence electrons. The molecule has 1 aromatic rings. The second kappa shape index (κ2) is 5.69. The molecule has 4 rings (SSSR count). The van der Waals surface area contributed by atoms with E-state index in [0.717, 1.165) is 38.8 Å². The zero-order chi connectivity index (χ0) is 15.1. The normalized spacial score (nSPS) is 31.1. The molecule has 2 aliphatic heterocycles. The van der Waals surface area contributed by atoms with Gasteiger partial charge in [0.15, 0.2) is 0 Å². The van der Waals surface area contributed by atoms with Crippen LogP contribution in [0.1, 0.15) is 37.3 Å². The predicted octanol–water partition coefficient (Wildman–Crippen LogP) is 2.82. The summed E-state index contributed by atoms with van der Waals surface area (Å²) < 4.78 is 5.93. The van der Waals surface area contributed by atoms with Crippen molar-refractivity contribution < 1.29 is 9.53 Å². The molecule has 0 aromatic heterocycles. The molecule has 0 N–H and O–H groups in total. The van der Waals surface area contributed by atoms with Gasteiger partial charge < -0.3 is 9.64 Å². The van der Waals surface area contributed by atoms with Crippen LogP contribution in [-0.2, 0) is 22.4 Å². The second-order valence-electron chi connectivity index (χ2n) is 7.36. The van der Waals surface area contributed by atoms with Crippen molar-refractivity contribution in [3.8, 4) is 0 Å². The first-order chi connectivity index (χ1) is 10.7. The summed E-state index contributed by atoms with van der Waals surface area (Å²) in [6, 6.07) is 8.63. The lowest BCUT2D eigenvalue weighted by molar-refractivity contribution is -0.135. The van der Waals surface area contributed by atoms with Crippen LogP contribution in [0, 0.1) is 11.8 Å². The van der Waals surface area contributed by atoms with E-state index < -0.39 is 0 Å². The zero-order valence-electron chi connectivity index (χ0n) is 13.3. The Morgan fingerprint density at radius 2 is 2.00 bits per heavy atom. The van der Waals surface area contributed by atoms with Crippen molar-refractivity contribution in [2.75, 3.05) is 13.1 Å². The Balaban J connectivity index is 1.34. The number of rotatable bonds is 2. The van der Waals surface area contributed by atoms with Crippen molar-refractivity contribution in [1.82, 2.24) is 4.90 Å². The van der Waals surface area contributed by atoms with Crippen LogP contribution in [0.3, 0.4) is 0 Å². The Morgan fingerprint density at radius 1 is 1.27 bits per heavy atom. The monoisotopic (exact) mass is 299 g/mol. The van der Waals surface area contributed by atoms with E-state index in [2.05, 4.69) is 36.1 Å². The Hall–Kier alpha value is -1.35. The Morgan fingerprint density at radius 3 is 2.73 bits per heavy atom. The van der Waals surface area contributed by atoms with E-state index in [1.807, 2.05) is 0 Å². The summed E-state index contributed by atoms with van der Waals surface area (Å²) >= 11 is 0. The van der Waals surface area contributed by atoms with Gasteiger partial charge in [-0.25, -0.2) is 0 Å². The summed E-state index contributed by atoms with van der Waals surface area (Å²) in [6.45, 7) is 3.94. The van der Waals surface area contributed by atoms with Crippen LogP contribution < -0.4 is 0 Å². The lowest BCUT2D eigenvalue weighted by Crippen LogP contribution is -2.44. The fraction of sp³-hybridized carbons (Fsp3) is 0.632. The van der Waals surface area contributed by atoms with Crippen LogP contribution in [0.5, 0.6) is 0 Å². The molecule has 3 atom stereocenters. The van der Waals surface area contributed by atoms with Gasteiger partial charge in [0.25, 0.3) is 0 Å². The third kappa shape index (κ3) is 2.67. The molecule has 0 spiro atoms. The van der Waals surface area contributed by atoms with Crippen LogP contribution in [0.2, 0.25) is 0 Å². The quantitative estimate of drug-likeness (QED) is 0.840. The smallest absolute Gasteiger partial charge is 0.222 e. The first kappa shape index (κ1) is 14.3. The highest BCUT2D eigenvalue weighted by molar-refractivity contribution is 5.76. The van der Waals surface area contributed by atoms with E-state index in [4.69, 9.17) is 4.74 Å². The number of hydrogen-bond acceptors (Lipinski definition) is 2. The third-order valence-corrected chi connectivity index (χ3v) is 5.66. The molecule has 0 bridgehead atoms. The number of benzene rings is 1. The average molecular weight is 299 g/mol. The van der Waals surface area contributed by atoms with E-state index in [1.54, 1.807) is 0 Å². The summed E-state index contributed by atoms with van der Waals surface area (Å²) in [7, 11) is 0.